The predicted octanol–water partition coefficient (Wildman–Crippen LogP) is 1.57. The Bertz CT molecular complexity index is 903. The predicted molar refractivity (Wildman–Crippen MR) is 98.9 cm³/mol. The summed E-state index contributed by atoms with van der Waals surface area (Å²) in [5.74, 6) is 0.900. The van der Waals surface area contributed by atoms with Gasteiger partial charge < -0.3 is 9.30 Å². The molecule has 0 radical (unpaired) electrons. The molecule has 1 aliphatic heterocycles. The average Bonchev–Trinajstić information content (AvgIpc) is 3.14. The number of sulfonamides is 1. The van der Waals surface area contributed by atoms with Gasteiger partial charge in [-0.1, -0.05) is 0 Å². The second-order valence-corrected chi connectivity index (χ2v) is 9.28. The van der Waals surface area contributed by atoms with Gasteiger partial charge in [-0.25, -0.2) is 13.4 Å². The highest BCUT2D eigenvalue weighted by molar-refractivity contribution is 7.89. The summed E-state index contributed by atoms with van der Waals surface area (Å²) in [6.07, 6.45) is 9.02. The number of imidazole rings is 1. The summed E-state index contributed by atoms with van der Waals surface area (Å²) >= 11 is 0. The Labute approximate surface area is 159 Å². The van der Waals surface area contributed by atoms with Gasteiger partial charge in [0.2, 0.25) is 5.88 Å². The number of aryl methyl sites for hydroxylation is 3. The number of hydrogen-bond donors (Lipinski definition) is 0. The van der Waals surface area contributed by atoms with E-state index in [0.29, 0.717) is 31.5 Å². The van der Waals surface area contributed by atoms with E-state index in [1.807, 2.05) is 6.07 Å². The van der Waals surface area contributed by atoms with Crippen LogP contribution in [0.3, 0.4) is 0 Å². The monoisotopic (exact) mass is 391 g/mol. The van der Waals surface area contributed by atoms with Crippen LogP contribution >= 0.6 is 0 Å². The van der Waals surface area contributed by atoms with Crippen molar-refractivity contribution in [3.8, 4) is 5.88 Å². The molecule has 0 saturated carbocycles. The van der Waals surface area contributed by atoms with Gasteiger partial charge in [-0.15, -0.1) is 5.10 Å². The van der Waals surface area contributed by atoms with Crippen molar-refractivity contribution in [2.75, 3.05) is 19.7 Å². The fourth-order valence-electron chi connectivity index (χ4n) is 3.71. The van der Waals surface area contributed by atoms with Crippen molar-refractivity contribution in [2.24, 2.45) is 13.0 Å². The zero-order chi connectivity index (χ0) is 18.9. The number of fused-ring (bicyclic) bond motifs is 1. The van der Waals surface area contributed by atoms with E-state index in [0.717, 1.165) is 31.4 Å². The summed E-state index contributed by atoms with van der Waals surface area (Å²) in [7, 11) is -1.74. The minimum absolute atomic E-state index is 0.115. The standard InChI is InChI=1S/C18H25N5O3S/c1-22-11-18(19-13-22)27(24,25)23-8-6-14(7-9-23)12-26-17-10-15-4-2-3-5-16(15)20-21-17/h10-11,13-14H,2-9,12H2,1H3. The molecule has 27 heavy (non-hydrogen) atoms. The molecular weight excluding hydrogens is 366 g/mol. The van der Waals surface area contributed by atoms with E-state index in [2.05, 4.69) is 15.2 Å². The van der Waals surface area contributed by atoms with Crippen LogP contribution in [0, 0.1) is 5.92 Å². The molecule has 8 nitrogen and oxygen atoms in total. The van der Waals surface area contributed by atoms with Gasteiger partial charge in [0, 0.05) is 32.4 Å². The Kier molecular flexibility index (Phi) is 5.14. The van der Waals surface area contributed by atoms with Crippen LogP contribution in [-0.4, -0.2) is 52.2 Å². The van der Waals surface area contributed by atoms with Gasteiger partial charge >= 0.3 is 0 Å². The van der Waals surface area contributed by atoms with E-state index in [-0.39, 0.29) is 5.03 Å². The molecule has 4 rings (SSSR count). The highest BCUT2D eigenvalue weighted by Gasteiger charge is 2.31. The van der Waals surface area contributed by atoms with E-state index in [4.69, 9.17) is 4.74 Å². The van der Waals surface area contributed by atoms with E-state index in [1.54, 1.807) is 17.8 Å². The zero-order valence-electron chi connectivity index (χ0n) is 15.5. The zero-order valence-corrected chi connectivity index (χ0v) is 16.4. The largest absolute Gasteiger partial charge is 0.476 e. The number of rotatable bonds is 5. The summed E-state index contributed by atoms with van der Waals surface area (Å²) in [4.78, 5) is 3.99. The summed E-state index contributed by atoms with van der Waals surface area (Å²) in [5.41, 5.74) is 2.35. The molecule has 1 aliphatic carbocycles. The Hall–Kier alpha value is -2.00. The van der Waals surface area contributed by atoms with E-state index in [9.17, 15) is 8.42 Å². The van der Waals surface area contributed by atoms with Crippen molar-refractivity contribution in [3.05, 3.63) is 29.8 Å². The molecule has 1 fully saturated rings. The Morgan fingerprint density at radius 3 is 2.70 bits per heavy atom. The molecule has 0 unspecified atom stereocenters. The third kappa shape index (κ3) is 3.98. The lowest BCUT2D eigenvalue weighted by Gasteiger charge is -2.30. The lowest BCUT2D eigenvalue weighted by Crippen LogP contribution is -2.39. The first-order valence-electron chi connectivity index (χ1n) is 9.49. The second-order valence-electron chi connectivity index (χ2n) is 7.40. The number of piperidine rings is 1. The molecule has 0 bridgehead atoms. The molecule has 0 N–H and O–H groups in total. The lowest BCUT2D eigenvalue weighted by atomic mass is 9.97. The van der Waals surface area contributed by atoms with Crippen LogP contribution in [0.15, 0.2) is 23.6 Å². The van der Waals surface area contributed by atoms with Crippen molar-refractivity contribution in [1.82, 2.24) is 24.1 Å². The molecule has 0 atom stereocenters. The summed E-state index contributed by atoms with van der Waals surface area (Å²) in [6.45, 7) is 1.52. The number of hydrogen-bond acceptors (Lipinski definition) is 6. The molecule has 0 aromatic carbocycles. The second kappa shape index (κ2) is 7.55. The molecule has 0 amide bonds. The highest BCUT2D eigenvalue weighted by Crippen LogP contribution is 2.25. The highest BCUT2D eigenvalue weighted by atomic mass is 32.2. The molecule has 3 heterocycles. The first kappa shape index (κ1) is 18.4. The van der Waals surface area contributed by atoms with Gasteiger partial charge in [-0.3, -0.25) is 0 Å². The smallest absolute Gasteiger partial charge is 0.262 e. The Morgan fingerprint density at radius 1 is 1.19 bits per heavy atom. The van der Waals surface area contributed by atoms with Gasteiger partial charge in [-0.05, 0) is 50.0 Å². The number of aromatic nitrogens is 4. The third-order valence-corrected chi connectivity index (χ3v) is 7.16. The molecule has 2 aromatic heterocycles. The molecule has 2 aliphatic rings. The third-order valence-electron chi connectivity index (χ3n) is 5.37. The minimum Gasteiger partial charge on any atom is -0.476 e. The van der Waals surface area contributed by atoms with Crippen LogP contribution in [0.25, 0.3) is 0 Å². The molecule has 146 valence electrons. The van der Waals surface area contributed by atoms with Crippen molar-refractivity contribution in [3.63, 3.8) is 0 Å². The normalized spacial score (nSPS) is 19.0. The van der Waals surface area contributed by atoms with Crippen molar-refractivity contribution < 1.29 is 13.2 Å². The van der Waals surface area contributed by atoms with Gasteiger partial charge in [0.25, 0.3) is 10.0 Å². The van der Waals surface area contributed by atoms with Gasteiger partial charge in [-0.2, -0.15) is 9.40 Å². The molecule has 0 spiro atoms. The van der Waals surface area contributed by atoms with Crippen molar-refractivity contribution in [2.45, 2.75) is 43.6 Å². The van der Waals surface area contributed by atoms with Crippen molar-refractivity contribution in [1.29, 1.82) is 0 Å². The maximum atomic E-state index is 12.6. The van der Waals surface area contributed by atoms with Gasteiger partial charge in [0.15, 0.2) is 5.03 Å². The number of ether oxygens (including phenoxy) is 1. The average molecular weight is 391 g/mol. The van der Waals surface area contributed by atoms with Crippen LogP contribution < -0.4 is 4.74 Å². The summed E-state index contributed by atoms with van der Waals surface area (Å²) in [5, 5.41) is 8.59. The molecule has 1 saturated heterocycles. The van der Waals surface area contributed by atoms with Crippen molar-refractivity contribution >= 4 is 10.0 Å². The van der Waals surface area contributed by atoms with Crippen LogP contribution in [-0.2, 0) is 29.9 Å². The summed E-state index contributed by atoms with van der Waals surface area (Å²) < 4.78 is 34.3. The summed E-state index contributed by atoms with van der Waals surface area (Å²) in [6, 6.07) is 2.02. The van der Waals surface area contributed by atoms with Crippen LogP contribution in [0.5, 0.6) is 5.88 Å². The van der Waals surface area contributed by atoms with Crippen LogP contribution in [0.1, 0.15) is 36.9 Å². The molecule has 2 aromatic rings. The van der Waals surface area contributed by atoms with E-state index in [1.165, 1.54) is 29.0 Å². The molecule has 9 heteroatoms. The first-order valence-corrected chi connectivity index (χ1v) is 10.9. The molecular formula is C18H25N5O3S. The topological polar surface area (TPSA) is 90.2 Å². The maximum absolute atomic E-state index is 12.6. The first-order chi connectivity index (χ1) is 13.0. The van der Waals surface area contributed by atoms with Crippen LogP contribution in [0.4, 0.5) is 0 Å². The minimum atomic E-state index is -3.50. The quantitative estimate of drug-likeness (QED) is 0.768. The van der Waals surface area contributed by atoms with Gasteiger partial charge in [0.1, 0.15) is 0 Å². The maximum Gasteiger partial charge on any atom is 0.262 e. The fraction of sp³-hybridized carbons (Fsp3) is 0.611. The van der Waals surface area contributed by atoms with Gasteiger partial charge in [0.05, 0.1) is 18.6 Å². The lowest BCUT2D eigenvalue weighted by molar-refractivity contribution is 0.179. The fourth-order valence-corrected chi connectivity index (χ4v) is 5.15. The van der Waals surface area contributed by atoms with Crippen LogP contribution in [0.2, 0.25) is 0 Å². The SMILES string of the molecule is Cn1cnc(S(=O)(=O)N2CCC(COc3cc4c(nn3)CCCC4)CC2)c1. The Morgan fingerprint density at radius 2 is 1.96 bits per heavy atom. The Balaban J connectivity index is 1.31. The van der Waals surface area contributed by atoms with E-state index < -0.39 is 10.0 Å². The van der Waals surface area contributed by atoms with E-state index >= 15 is 0 Å². The number of nitrogens with zero attached hydrogens (tertiary/aromatic N) is 5.